The summed E-state index contributed by atoms with van der Waals surface area (Å²) in [4.78, 5) is 0. The number of aromatic nitrogens is 2. The summed E-state index contributed by atoms with van der Waals surface area (Å²) in [6, 6.07) is 0. The molecular weight excluding hydrogens is 238 g/mol. The third-order valence-electron chi connectivity index (χ3n) is 4.68. The molecule has 1 atom stereocenters. The van der Waals surface area contributed by atoms with Gasteiger partial charge in [-0.15, -0.1) is 0 Å². The number of aliphatic hydroxyl groups excluding tert-OH is 1. The van der Waals surface area contributed by atoms with E-state index in [0.717, 1.165) is 50.1 Å². The molecule has 0 aromatic carbocycles. The van der Waals surface area contributed by atoms with Crippen LogP contribution in [-0.2, 0) is 6.54 Å². The summed E-state index contributed by atoms with van der Waals surface area (Å²) in [7, 11) is 0. The molecule has 1 aliphatic rings. The number of nitrogens with zero attached hydrogens (tertiary/aromatic N) is 2. The standard InChI is InChI=1S/C15H27N3O/c1-3-8-18-10-13(9-17-18)14(19)15(11-16)6-4-12(2)5-7-15/h9-10,12,14,19H,3-8,11,16H2,1-2H3. The van der Waals surface area contributed by atoms with Gasteiger partial charge in [0.25, 0.3) is 0 Å². The summed E-state index contributed by atoms with van der Waals surface area (Å²) in [6.45, 7) is 5.87. The minimum atomic E-state index is -0.476. The summed E-state index contributed by atoms with van der Waals surface area (Å²) in [5.74, 6) is 0.759. The van der Waals surface area contributed by atoms with Crippen molar-refractivity contribution >= 4 is 0 Å². The van der Waals surface area contributed by atoms with Gasteiger partial charge in [0.2, 0.25) is 0 Å². The lowest BCUT2D eigenvalue weighted by Crippen LogP contribution is -2.39. The van der Waals surface area contributed by atoms with E-state index in [1.165, 1.54) is 0 Å². The van der Waals surface area contributed by atoms with Crippen LogP contribution in [0.1, 0.15) is 57.6 Å². The first kappa shape index (κ1) is 14.5. The molecule has 2 rings (SSSR count). The topological polar surface area (TPSA) is 64.1 Å². The quantitative estimate of drug-likeness (QED) is 0.859. The fraction of sp³-hybridized carbons (Fsp3) is 0.800. The van der Waals surface area contributed by atoms with E-state index in [2.05, 4.69) is 18.9 Å². The molecule has 3 N–H and O–H groups in total. The first-order valence-electron chi connectivity index (χ1n) is 7.52. The Labute approximate surface area is 116 Å². The molecule has 1 fully saturated rings. The zero-order chi connectivity index (χ0) is 13.9. The number of aryl methyl sites for hydroxylation is 1. The minimum absolute atomic E-state index is 0.146. The Bertz CT molecular complexity index is 394. The maximum absolute atomic E-state index is 10.7. The van der Waals surface area contributed by atoms with Gasteiger partial charge in [0.15, 0.2) is 0 Å². The fourth-order valence-corrected chi connectivity index (χ4v) is 3.15. The van der Waals surface area contributed by atoms with Gasteiger partial charge < -0.3 is 10.8 Å². The largest absolute Gasteiger partial charge is 0.388 e. The second kappa shape index (κ2) is 6.06. The van der Waals surface area contributed by atoms with E-state index in [1.807, 2.05) is 10.9 Å². The van der Waals surface area contributed by atoms with Crippen LogP contribution in [0.4, 0.5) is 0 Å². The lowest BCUT2D eigenvalue weighted by atomic mass is 9.66. The zero-order valence-corrected chi connectivity index (χ0v) is 12.2. The van der Waals surface area contributed by atoms with E-state index < -0.39 is 6.10 Å². The van der Waals surface area contributed by atoms with E-state index in [0.29, 0.717) is 6.54 Å². The van der Waals surface area contributed by atoms with Crippen LogP contribution in [-0.4, -0.2) is 21.4 Å². The Balaban J connectivity index is 2.13. The van der Waals surface area contributed by atoms with Gasteiger partial charge in [-0.2, -0.15) is 5.10 Å². The van der Waals surface area contributed by atoms with E-state index >= 15 is 0 Å². The number of hydrogen-bond acceptors (Lipinski definition) is 3. The molecule has 0 amide bonds. The van der Waals surface area contributed by atoms with Crippen LogP contribution in [0.2, 0.25) is 0 Å². The Morgan fingerprint density at radius 2 is 2.21 bits per heavy atom. The highest BCUT2D eigenvalue weighted by Crippen LogP contribution is 2.46. The fourth-order valence-electron chi connectivity index (χ4n) is 3.15. The molecule has 0 aliphatic heterocycles. The number of aliphatic hydroxyl groups is 1. The molecular formula is C15H27N3O. The molecule has 0 radical (unpaired) electrons. The van der Waals surface area contributed by atoms with Crippen molar-refractivity contribution in [2.24, 2.45) is 17.1 Å². The molecule has 4 nitrogen and oxygen atoms in total. The van der Waals surface area contributed by atoms with Crippen LogP contribution in [0.15, 0.2) is 12.4 Å². The third kappa shape index (κ3) is 3.00. The van der Waals surface area contributed by atoms with Gasteiger partial charge in [0.05, 0.1) is 12.3 Å². The van der Waals surface area contributed by atoms with Gasteiger partial charge in [0, 0.05) is 30.3 Å². The van der Waals surface area contributed by atoms with Crippen LogP contribution in [0.5, 0.6) is 0 Å². The molecule has 1 aromatic rings. The van der Waals surface area contributed by atoms with Crippen molar-refractivity contribution in [2.75, 3.05) is 6.54 Å². The van der Waals surface area contributed by atoms with Gasteiger partial charge in [-0.05, 0) is 25.2 Å². The molecule has 1 aromatic heterocycles. The van der Waals surface area contributed by atoms with Crippen molar-refractivity contribution < 1.29 is 5.11 Å². The molecule has 4 heteroatoms. The van der Waals surface area contributed by atoms with Crippen LogP contribution in [0.3, 0.4) is 0 Å². The van der Waals surface area contributed by atoms with E-state index in [4.69, 9.17) is 5.73 Å². The summed E-state index contributed by atoms with van der Waals surface area (Å²) >= 11 is 0. The van der Waals surface area contributed by atoms with Crippen molar-refractivity contribution in [1.82, 2.24) is 9.78 Å². The lowest BCUT2D eigenvalue weighted by molar-refractivity contribution is -0.00823. The minimum Gasteiger partial charge on any atom is -0.388 e. The molecule has 1 heterocycles. The molecule has 0 bridgehead atoms. The predicted molar refractivity (Wildman–Crippen MR) is 76.6 cm³/mol. The second-order valence-corrected chi connectivity index (χ2v) is 6.19. The van der Waals surface area contributed by atoms with Gasteiger partial charge in [-0.25, -0.2) is 0 Å². The normalized spacial score (nSPS) is 29.4. The van der Waals surface area contributed by atoms with Crippen LogP contribution in [0.25, 0.3) is 0 Å². The summed E-state index contributed by atoms with van der Waals surface area (Å²) in [5, 5.41) is 15.0. The van der Waals surface area contributed by atoms with Crippen molar-refractivity contribution in [3.05, 3.63) is 18.0 Å². The third-order valence-corrected chi connectivity index (χ3v) is 4.68. The summed E-state index contributed by atoms with van der Waals surface area (Å²) < 4.78 is 1.91. The molecule has 0 spiro atoms. The van der Waals surface area contributed by atoms with Crippen molar-refractivity contribution in [1.29, 1.82) is 0 Å². The van der Waals surface area contributed by atoms with Crippen LogP contribution >= 0.6 is 0 Å². The van der Waals surface area contributed by atoms with E-state index in [-0.39, 0.29) is 5.41 Å². The maximum atomic E-state index is 10.7. The molecule has 1 aliphatic carbocycles. The first-order chi connectivity index (χ1) is 9.11. The van der Waals surface area contributed by atoms with E-state index in [1.54, 1.807) is 6.20 Å². The Morgan fingerprint density at radius 3 is 2.79 bits per heavy atom. The average molecular weight is 265 g/mol. The second-order valence-electron chi connectivity index (χ2n) is 6.19. The summed E-state index contributed by atoms with van der Waals surface area (Å²) in [6.07, 6.45) is 8.72. The number of hydrogen-bond donors (Lipinski definition) is 2. The van der Waals surface area contributed by atoms with Gasteiger partial charge in [-0.1, -0.05) is 26.7 Å². The molecule has 1 unspecified atom stereocenters. The zero-order valence-electron chi connectivity index (χ0n) is 12.2. The first-order valence-corrected chi connectivity index (χ1v) is 7.52. The maximum Gasteiger partial charge on any atom is 0.0888 e. The Morgan fingerprint density at radius 1 is 1.53 bits per heavy atom. The molecule has 1 saturated carbocycles. The van der Waals surface area contributed by atoms with Crippen molar-refractivity contribution in [2.45, 2.75) is 58.6 Å². The Kier molecular flexibility index (Phi) is 4.63. The highest BCUT2D eigenvalue weighted by atomic mass is 16.3. The SMILES string of the molecule is CCCn1cc(C(O)C2(CN)CCC(C)CC2)cn1. The lowest BCUT2D eigenvalue weighted by Gasteiger charge is -2.41. The summed E-state index contributed by atoms with van der Waals surface area (Å²) in [5.41, 5.74) is 6.78. The highest BCUT2D eigenvalue weighted by molar-refractivity contribution is 5.13. The van der Waals surface area contributed by atoms with Gasteiger partial charge in [0.1, 0.15) is 0 Å². The van der Waals surface area contributed by atoms with Gasteiger partial charge in [-0.3, -0.25) is 4.68 Å². The van der Waals surface area contributed by atoms with Crippen LogP contribution < -0.4 is 5.73 Å². The van der Waals surface area contributed by atoms with Crippen molar-refractivity contribution in [3.8, 4) is 0 Å². The highest BCUT2D eigenvalue weighted by Gasteiger charge is 2.40. The van der Waals surface area contributed by atoms with Gasteiger partial charge >= 0.3 is 0 Å². The predicted octanol–water partition coefficient (Wildman–Crippen LogP) is 2.48. The van der Waals surface area contributed by atoms with Crippen LogP contribution in [0, 0.1) is 11.3 Å². The molecule has 108 valence electrons. The molecule has 19 heavy (non-hydrogen) atoms. The average Bonchev–Trinajstić information content (AvgIpc) is 2.88. The Hall–Kier alpha value is -0.870. The van der Waals surface area contributed by atoms with Crippen molar-refractivity contribution in [3.63, 3.8) is 0 Å². The number of nitrogens with two attached hydrogens (primary N) is 1. The number of rotatable bonds is 5. The van der Waals surface area contributed by atoms with E-state index in [9.17, 15) is 5.11 Å². The monoisotopic (exact) mass is 265 g/mol. The smallest absolute Gasteiger partial charge is 0.0888 e. The molecule has 0 saturated heterocycles.